The van der Waals surface area contributed by atoms with Crippen LogP contribution in [0.15, 0.2) is 70.0 Å². The molecule has 0 saturated carbocycles. The zero-order valence-electron chi connectivity index (χ0n) is 14.4. The van der Waals surface area contributed by atoms with Gasteiger partial charge in [-0.15, -0.1) is 0 Å². The molecule has 10 heteroatoms. The number of hydrogen-bond donors (Lipinski definition) is 1. The molecule has 0 aliphatic rings. The quantitative estimate of drug-likeness (QED) is 0.445. The van der Waals surface area contributed by atoms with Gasteiger partial charge in [0.05, 0.1) is 10.6 Å². The molecule has 29 heavy (non-hydrogen) atoms. The molecule has 0 aromatic heterocycles. The third-order valence-electron chi connectivity index (χ3n) is 3.75. The second-order valence-electron chi connectivity index (χ2n) is 5.81. The van der Waals surface area contributed by atoms with E-state index in [0.29, 0.717) is 4.47 Å². The highest BCUT2D eigenvalue weighted by molar-refractivity contribution is 9.10. The van der Waals surface area contributed by atoms with Gasteiger partial charge in [-0.1, -0.05) is 28.1 Å². The molecule has 1 N–H and O–H groups in total. The van der Waals surface area contributed by atoms with Gasteiger partial charge in [-0.2, -0.15) is 8.78 Å². The summed E-state index contributed by atoms with van der Waals surface area (Å²) in [5, 5.41) is 0. The van der Waals surface area contributed by atoms with Crippen molar-refractivity contribution in [3.63, 3.8) is 0 Å². The van der Waals surface area contributed by atoms with Crippen LogP contribution in [0.5, 0.6) is 5.75 Å². The van der Waals surface area contributed by atoms with Gasteiger partial charge < -0.3 is 4.74 Å². The Morgan fingerprint density at radius 1 is 0.931 bits per heavy atom. The second kappa shape index (κ2) is 8.42. The molecule has 3 aromatic rings. The van der Waals surface area contributed by atoms with E-state index in [2.05, 4.69) is 25.4 Å². The van der Waals surface area contributed by atoms with Crippen LogP contribution < -0.4 is 9.46 Å². The number of hydrogen-bond acceptors (Lipinski definition) is 3. The minimum atomic E-state index is -4.11. The van der Waals surface area contributed by atoms with Crippen LogP contribution in [-0.4, -0.2) is 15.0 Å². The van der Waals surface area contributed by atoms with Gasteiger partial charge in [-0.3, -0.25) is 4.72 Å². The topological polar surface area (TPSA) is 55.4 Å². The number of halogens is 5. The van der Waals surface area contributed by atoms with Gasteiger partial charge in [0.2, 0.25) is 0 Å². The maximum Gasteiger partial charge on any atom is 0.387 e. The zero-order valence-corrected chi connectivity index (χ0v) is 16.8. The van der Waals surface area contributed by atoms with Crippen LogP contribution in [0.3, 0.4) is 0 Å². The van der Waals surface area contributed by atoms with Crippen molar-refractivity contribution in [1.82, 2.24) is 0 Å². The molecule has 152 valence electrons. The average molecular weight is 490 g/mol. The molecule has 0 fully saturated rings. The van der Waals surface area contributed by atoms with Crippen LogP contribution >= 0.6 is 15.9 Å². The monoisotopic (exact) mass is 489 g/mol. The number of alkyl halides is 2. The van der Waals surface area contributed by atoms with Gasteiger partial charge in [0, 0.05) is 10.5 Å². The summed E-state index contributed by atoms with van der Waals surface area (Å²) in [4.78, 5) is -0.102. The van der Waals surface area contributed by atoms with E-state index in [1.54, 1.807) is 6.07 Å². The van der Waals surface area contributed by atoms with Gasteiger partial charge in [0.15, 0.2) is 0 Å². The van der Waals surface area contributed by atoms with E-state index in [4.69, 9.17) is 0 Å². The average Bonchev–Trinajstić information content (AvgIpc) is 2.62. The lowest BCUT2D eigenvalue weighted by molar-refractivity contribution is -0.0499. The summed E-state index contributed by atoms with van der Waals surface area (Å²) in [6.07, 6.45) is 0. The number of sulfonamides is 1. The molecule has 0 radical (unpaired) electrons. The van der Waals surface area contributed by atoms with E-state index in [9.17, 15) is 26.0 Å². The van der Waals surface area contributed by atoms with Crippen molar-refractivity contribution < 1.29 is 30.7 Å². The standard InChI is InChI=1S/C19H12BrF4NO3S/c20-13-2-1-3-16(9-13)29(26,27)25-18-8-11(4-5-17(18)22)12-6-14(21)10-15(7-12)28-19(23)24/h1-10,19,25H. The Hall–Kier alpha value is -2.59. The lowest BCUT2D eigenvalue weighted by Gasteiger charge is -2.12. The van der Waals surface area contributed by atoms with Gasteiger partial charge in [-0.25, -0.2) is 17.2 Å². The summed E-state index contributed by atoms with van der Waals surface area (Å²) in [6, 6.07) is 12.1. The molecule has 0 aliphatic heterocycles. The van der Waals surface area contributed by atoms with Crippen molar-refractivity contribution >= 4 is 31.6 Å². The van der Waals surface area contributed by atoms with Crippen LogP contribution in [-0.2, 0) is 10.0 Å². The molecule has 0 saturated heterocycles. The highest BCUT2D eigenvalue weighted by atomic mass is 79.9. The lowest BCUT2D eigenvalue weighted by Crippen LogP contribution is -2.14. The first-order valence-corrected chi connectivity index (χ1v) is 10.3. The van der Waals surface area contributed by atoms with Crippen molar-refractivity contribution in [3.05, 3.63) is 76.8 Å². The molecule has 0 atom stereocenters. The number of rotatable bonds is 6. The third-order valence-corrected chi connectivity index (χ3v) is 5.60. The predicted octanol–water partition coefficient (Wildman–Crippen LogP) is 5.80. The molecular formula is C19H12BrF4NO3S. The van der Waals surface area contributed by atoms with Crippen LogP contribution in [0.2, 0.25) is 0 Å². The Kier molecular flexibility index (Phi) is 6.13. The minimum Gasteiger partial charge on any atom is -0.435 e. The third kappa shape index (κ3) is 5.27. The van der Waals surface area contributed by atoms with Crippen LogP contribution in [0.25, 0.3) is 11.1 Å². The summed E-state index contributed by atoms with van der Waals surface area (Å²) in [7, 11) is -4.11. The normalized spacial score (nSPS) is 11.5. The summed E-state index contributed by atoms with van der Waals surface area (Å²) < 4.78 is 84.7. The fraction of sp³-hybridized carbons (Fsp3) is 0.0526. The number of anilines is 1. The molecule has 0 unspecified atom stereocenters. The summed E-state index contributed by atoms with van der Waals surface area (Å²) >= 11 is 3.16. The Morgan fingerprint density at radius 3 is 2.38 bits per heavy atom. The first-order chi connectivity index (χ1) is 13.6. The number of benzene rings is 3. The molecule has 0 heterocycles. The van der Waals surface area contributed by atoms with Crippen molar-refractivity contribution in [3.8, 4) is 16.9 Å². The van der Waals surface area contributed by atoms with Gasteiger partial charge in [0.1, 0.15) is 17.4 Å². The summed E-state index contributed by atoms with van der Waals surface area (Å²) in [5.74, 6) is -2.14. The molecule has 0 spiro atoms. The van der Waals surface area contributed by atoms with Crippen molar-refractivity contribution in [2.24, 2.45) is 0 Å². The number of ether oxygens (including phenoxy) is 1. The van der Waals surface area contributed by atoms with E-state index >= 15 is 0 Å². The lowest BCUT2D eigenvalue weighted by atomic mass is 10.0. The van der Waals surface area contributed by atoms with Crippen molar-refractivity contribution in [2.75, 3.05) is 4.72 Å². The smallest absolute Gasteiger partial charge is 0.387 e. The first kappa shape index (κ1) is 21.1. The summed E-state index contributed by atoms with van der Waals surface area (Å²) in [6.45, 7) is -3.15. The van der Waals surface area contributed by atoms with E-state index in [1.807, 2.05) is 0 Å². The Balaban J connectivity index is 1.98. The molecule has 3 aromatic carbocycles. The van der Waals surface area contributed by atoms with E-state index < -0.39 is 34.0 Å². The highest BCUT2D eigenvalue weighted by Crippen LogP contribution is 2.30. The van der Waals surface area contributed by atoms with E-state index in [0.717, 1.165) is 30.3 Å². The van der Waals surface area contributed by atoms with Gasteiger partial charge in [-0.05, 0) is 53.6 Å². The Bertz CT molecular complexity index is 1160. The molecule has 0 aliphatic carbocycles. The van der Waals surface area contributed by atoms with Gasteiger partial charge in [0.25, 0.3) is 10.0 Å². The van der Waals surface area contributed by atoms with Crippen LogP contribution in [0, 0.1) is 11.6 Å². The molecule has 4 nitrogen and oxygen atoms in total. The summed E-state index contributed by atoms with van der Waals surface area (Å²) in [5.41, 5.74) is -0.0939. The highest BCUT2D eigenvalue weighted by Gasteiger charge is 2.18. The maximum atomic E-state index is 14.2. The predicted molar refractivity (Wildman–Crippen MR) is 103 cm³/mol. The van der Waals surface area contributed by atoms with E-state index in [1.165, 1.54) is 24.3 Å². The fourth-order valence-electron chi connectivity index (χ4n) is 2.52. The van der Waals surface area contributed by atoms with Gasteiger partial charge >= 0.3 is 6.61 Å². The second-order valence-corrected chi connectivity index (χ2v) is 8.41. The molecule has 0 bridgehead atoms. The Labute approximate surface area is 172 Å². The van der Waals surface area contributed by atoms with Crippen molar-refractivity contribution in [2.45, 2.75) is 11.5 Å². The SMILES string of the molecule is O=S(=O)(Nc1cc(-c2cc(F)cc(OC(F)F)c2)ccc1F)c1cccc(Br)c1. The molecular weight excluding hydrogens is 478 g/mol. The number of nitrogens with one attached hydrogen (secondary N) is 1. The largest absolute Gasteiger partial charge is 0.435 e. The van der Waals surface area contributed by atoms with E-state index in [-0.39, 0.29) is 21.7 Å². The maximum absolute atomic E-state index is 14.2. The van der Waals surface area contributed by atoms with Crippen LogP contribution in [0.4, 0.5) is 23.2 Å². The minimum absolute atomic E-state index is 0.101. The Morgan fingerprint density at radius 2 is 1.69 bits per heavy atom. The van der Waals surface area contributed by atoms with Crippen LogP contribution in [0.1, 0.15) is 0 Å². The fourth-order valence-corrected chi connectivity index (χ4v) is 4.18. The van der Waals surface area contributed by atoms with Crippen molar-refractivity contribution in [1.29, 1.82) is 0 Å². The zero-order chi connectivity index (χ0) is 21.2. The molecule has 0 amide bonds. The first-order valence-electron chi connectivity index (χ1n) is 7.98. The molecule has 3 rings (SSSR count).